The minimum Gasteiger partial charge on any atom is -0.330 e. The summed E-state index contributed by atoms with van der Waals surface area (Å²) in [7, 11) is 0. The van der Waals surface area contributed by atoms with Crippen LogP contribution in [0.25, 0.3) is 0 Å². The summed E-state index contributed by atoms with van der Waals surface area (Å²) in [5.74, 6) is 0.562. The minimum absolute atomic E-state index is 0.562. The zero-order chi connectivity index (χ0) is 10.7. The Bertz CT molecular complexity index is 320. The number of benzene rings is 1. The normalized spacial score (nSPS) is 12.9. The summed E-state index contributed by atoms with van der Waals surface area (Å²) >= 11 is 3.54. The van der Waals surface area contributed by atoms with Gasteiger partial charge < -0.3 is 5.73 Å². The van der Waals surface area contributed by atoms with E-state index < -0.39 is 0 Å². The molecule has 0 heterocycles. The van der Waals surface area contributed by atoms with Gasteiger partial charge in [0.25, 0.3) is 0 Å². The minimum atomic E-state index is 0.562. The first-order valence-electron chi connectivity index (χ1n) is 5.03. The maximum absolute atomic E-state index is 5.58. The summed E-state index contributed by atoms with van der Waals surface area (Å²) in [4.78, 5) is 0. The van der Waals surface area contributed by atoms with E-state index in [1.165, 1.54) is 21.2 Å². The zero-order valence-electron chi connectivity index (χ0n) is 9.10. The molecule has 78 valence electrons. The standard InChI is InChI=1S/C12H18BrN/c1-8(4-5-14)11-6-10(3)12(13)7-9(11)2/h6-8H,4-5,14H2,1-3H3. The Morgan fingerprint density at radius 3 is 2.50 bits per heavy atom. The average Bonchev–Trinajstić information content (AvgIpc) is 2.11. The summed E-state index contributed by atoms with van der Waals surface area (Å²) in [6.07, 6.45) is 1.06. The summed E-state index contributed by atoms with van der Waals surface area (Å²) in [6, 6.07) is 4.46. The topological polar surface area (TPSA) is 26.0 Å². The molecule has 1 unspecified atom stereocenters. The first kappa shape index (κ1) is 11.7. The first-order chi connectivity index (χ1) is 6.56. The van der Waals surface area contributed by atoms with Crippen LogP contribution in [0.5, 0.6) is 0 Å². The molecule has 1 rings (SSSR count). The highest BCUT2D eigenvalue weighted by atomic mass is 79.9. The molecule has 0 aliphatic carbocycles. The van der Waals surface area contributed by atoms with Crippen molar-refractivity contribution < 1.29 is 0 Å². The average molecular weight is 256 g/mol. The van der Waals surface area contributed by atoms with E-state index >= 15 is 0 Å². The Kier molecular flexibility index (Phi) is 4.14. The maximum Gasteiger partial charge on any atom is 0.0207 e. The van der Waals surface area contributed by atoms with E-state index in [0.717, 1.165) is 13.0 Å². The predicted molar refractivity (Wildman–Crippen MR) is 65.7 cm³/mol. The SMILES string of the molecule is Cc1cc(C(C)CCN)c(C)cc1Br. The summed E-state index contributed by atoms with van der Waals surface area (Å²) in [5.41, 5.74) is 9.65. The highest BCUT2D eigenvalue weighted by molar-refractivity contribution is 9.10. The molecule has 14 heavy (non-hydrogen) atoms. The highest BCUT2D eigenvalue weighted by Gasteiger charge is 2.09. The number of rotatable bonds is 3. The van der Waals surface area contributed by atoms with Crippen molar-refractivity contribution in [1.29, 1.82) is 0 Å². The molecule has 2 heteroatoms. The lowest BCUT2D eigenvalue weighted by atomic mass is 9.92. The van der Waals surface area contributed by atoms with Gasteiger partial charge in [-0.1, -0.05) is 28.9 Å². The molecule has 1 aromatic carbocycles. The fourth-order valence-electron chi connectivity index (χ4n) is 1.74. The fraction of sp³-hybridized carbons (Fsp3) is 0.500. The van der Waals surface area contributed by atoms with Gasteiger partial charge >= 0.3 is 0 Å². The van der Waals surface area contributed by atoms with Crippen LogP contribution in [0.1, 0.15) is 36.0 Å². The van der Waals surface area contributed by atoms with Crippen LogP contribution in [-0.2, 0) is 0 Å². The van der Waals surface area contributed by atoms with Gasteiger partial charge in [0.05, 0.1) is 0 Å². The van der Waals surface area contributed by atoms with Gasteiger partial charge in [0, 0.05) is 4.47 Å². The second-order valence-electron chi connectivity index (χ2n) is 3.94. The molecule has 0 amide bonds. The van der Waals surface area contributed by atoms with Crippen molar-refractivity contribution >= 4 is 15.9 Å². The third kappa shape index (κ3) is 2.58. The van der Waals surface area contributed by atoms with E-state index in [4.69, 9.17) is 5.73 Å². The van der Waals surface area contributed by atoms with Crippen LogP contribution in [0.3, 0.4) is 0 Å². The Morgan fingerprint density at radius 2 is 1.93 bits per heavy atom. The van der Waals surface area contributed by atoms with E-state index in [1.807, 2.05) is 0 Å². The van der Waals surface area contributed by atoms with Crippen LogP contribution < -0.4 is 5.73 Å². The number of nitrogens with two attached hydrogens (primary N) is 1. The van der Waals surface area contributed by atoms with Gasteiger partial charge in [-0.05, 0) is 55.5 Å². The third-order valence-corrected chi connectivity index (χ3v) is 3.53. The number of hydrogen-bond acceptors (Lipinski definition) is 1. The molecule has 0 aromatic heterocycles. The molecule has 0 bridgehead atoms. The van der Waals surface area contributed by atoms with Crippen molar-refractivity contribution in [2.45, 2.75) is 33.1 Å². The molecule has 0 fully saturated rings. The van der Waals surface area contributed by atoms with E-state index in [1.54, 1.807) is 0 Å². The van der Waals surface area contributed by atoms with E-state index in [0.29, 0.717) is 5.92 Å². The van der Waals surface area contributed by atoms with Crippen molar-refractivity contribution in [2.24, 2.45) is 5.73 Å². The predicted octanol–water partition coefficient (Wildman–Crippen LogP) is 3.52. The molecule has 0 aliphatic rings. The van der Waals surface area contributed by atoms with Crippen molar-refractivity contribution in [3.63, 3.8) is 0 Å². The molecule has 0 saturated heterocycles. The Balaban J connectivity index is 3.02. The van der Waals surface area contributed by atoms with Gasteiger partial charge in [0.15, 0.2) is 0 Å². The lowest BCUT2D eigenvalue weighted by Gasteiger charge is -2.15. The molecule has 2 N–H and O–H groups in total. The lowest BCUT2D eigenvalue weighted by molar-refractivity contribution is 0.685. The molecular weight excluding hydrogens is 238 g/mol. The van der Waals surface area contributed by atoms with Crippen molar-refractivity contribution in [3.05, 3.63) is 33.3 Å². The summed E-state index contributed by atoms with van der Waals surface area (Å²) in [6.45, 7) is 7.28. The van der Waals surface area contributed by atoms with Crippen LogP contribution in [0.4, 0.5) is 0 Å². The van der Waals surface area contributed by atoms with Crippen LogP contribution in [0.2, 0.25) is 0 Å². The number of aryl methyl sites for hydroxylation is 2. The second kappa shape index (κ2) is 4.94. The van der Waals surface area contributed by atoms with Crippen molar-refractivity contribution in [1.82, 2.24) is 0 Å². The van der Waals surface area contributed by atoms with Gasteiger partial charge in [0.1, 0.15) is 0 Å². The molecule has 0 radical (unpaired) electrons. The molecular formula is C12H18BrN. The lowest BCUT2D eigenvalue weighted by Crippen LogP contribution is -2.06. The van der Waals surface area contributed by atoms with Crippen LogP contribution in [0.15, 0.2) is 16.6 Å². The molecule has 0 saturated carbocycles. The van der Waals surface area contributed by atoms with Gasteiger partial charge in [-0.15, -0.1) is 0 Å². The highest BCUT2D eigenvalue weighted by Crippen LogP contribution is 2.27. The Morgan fingerprint density at radius 1 is 1.29 bits per heavy atom. The smallest absolute Gasteiger partial charge is 0.0207 e. The number of hydrogen-bond donors (Lipinski definition) is 1. The van der Waals surface area contributed by atoms with Gasteiger partial charge in [0.2, 0.25) is 0 Å². The Hall–Kier alpha value is -0.340. The Labute approximate surface area is 94.8 Å². The zero-order valence-corrected chi connectivity index (χ0v) is 10.7. The van der Waals surface area contributed by atoms with Gasteiger partial charge in [-0.3, -0.25) is 0 Å². The number of halogens is 1. The monoisotopic (exact) mass is 255 g/mol. The second-order valence-corrected chi connectivity index (χ2v) is 4.79. The van der Waals surface area contributed by atoms with Crippen LogP contribution in [0, 0.1) is 13.8 Å². The first-order valence-corrected chi connectivity index (χ1v) is 5.82. The van der Waals surface area contributed by atoms with Gasteiger partial charge in [-0.25, -0.2) is 0 Å². The molecule has 1 aromatic rings. The van der Waals surface area contributed by atoms with Crippen molar-refractivity contribution in [2.75, 3.05) is 6.54 Å². The third-order valence-electron chi connectivity index (χ3n) is 2.68. The summed E-state index contributed by atoms with van der Waals surface area (Å²) in [5, 5.41) is 0. The van der Waals surface area contributed by atoms with Crippen LogP contribution >= 0.6 is 15.9 Å². The largest absolute Gasteiger partial charge is 0.330 e. The van der Waals surface area contributed by atoms with E-state index in [2.05, 4.69) is 48.8 Å². The van der Waals surface area contributed by atoms with E-state index in [-0.39, 0.29) is 0 Å². The fourth-order valence-corrected chi connectivity index (χ4v) is 2.20. The molecule has 0 aliphatic heterocycles. The summed E-state index contributed by atoms with van der Waals surface area (Å²) < 4.78 is 1.19. The van der Waals surface area contributed by atoms with Gasteiger partial charge in [-0.2, -0.15) is 0 Å². The quantitative estimate of drug-likeness (QED) is 0.879. The van der Waals surface area contributed by atoms with Crippen LogP contribution in [-0.4, -0.2) is 6.54 Å². The molecule has 1 nitrogen and oxygen atoms in total. The maximum atomic E-state index is 5.58. The molecule has 1 atom stereocenters. The molecule has 0 spiro atoms. The van der Waals surface area contributed by atoms with Crippen molar-refractivity contribution in [3.8, 4) is 0 Å². The van der Waals surface area contributed by atoms with E-state index in [9.17, 15) is 0 Å².